The summed E-state index contributed by atoms with van der Waals surface area (Å²) in [6, 6.07) is 8.10. The van der Waals surface area contributed by atoms with E-state index in [1.165, 1.54) is 35.1 Å². The fourth-order valence-electron chi connectivity index (χ4n) is 4.58. The molecule has 8 heteroatoms. The van der Waals surface area contributed by atoms with Crippen molar-refractivity contribution in [2.24, 2.45) is 11.8 Å². The summed E-state index contributed by atoms with van der Waals surface area (Å²) < 4.78 is 1.54. The maximum Gasteiger partial charge on any atom is 0.262 e. The molecule has 1 aliphatic carbocycles. The molecule has 1 saturated carbocycles. The average Bonchev–Trinajstić information content (AvgIpc) is 3.59. The van der Waals surface area contributed by atoms with Crippen LogP contribution in [0, 0.1) is 18.8 Å². The summed E-state index contributed by atoms with van der Waals surface area (Å²) in [6.07, 6.45) is 5.81. The van der Waals surface area contributed by atoms with Gasteiger partial charge in [0.25, 0.3) is 5.56 Å². The minimum Gasteiger partial charge on any atom is -0.356 e. The van der Waals surface area contributed by atoms with Crippen molar-refractivity contribution < 1.29 is 9.59 Å². The van der Waals surface area contributed by atoms with E-state index in [0.29, 0.717) is 29.2 Å². The van der Waals surface area contributed by atoms with Crippen LogP contribution < -0.4 is 10.9 Å². The molecule has 0 radical (unpaired) electrons. The second-order valence-electron chi connectivity index (χ2n) is 9.56. The predicted molar refractivity (Wildman–Crippen MR) is 134 cm³/mol. The standard InChI is InChI=1S/C26H30N4O3S/c1-17-4-8-19(9-5-17)21-15-34-25-23(21)26(33)30(16-28-25)12-10-22(31)29-11-2-3-20(14-29)24(32)27-13-18-6-7-18/h4-5,8-9,15-16,18,20H,2-3,6-7,10-14H2,1H3,(H,27,32). The van der Waals surface area contributed by atoms with Gasteiger partial charge in [0.05, 0.1) is 17.6 Å². The number of nitrogens with one attached hydrogen (secondary N) is 1. The van der Waals surface area contributed by atoms with Gasteiger partial charge in [-0.1, -0.05) is 29.8 Å². The molecular weight excluding hydrogens is 448 g/mol. The summed E-state index contributed by atoms with van der Waals surface area (Å²) >= 11 is 1.46. The lowest BCUT2D eigenvalue weighted by atomic mass is 9.96. The fraction of sp³-hybridized carbons (Fsp3) is 0.462. The molecule has 0 spiro atoms. The van der Waals surface area contributed by atoms with Gasteiger partial charge in [-0.15, -0.1) is 11.3 Å². The minimum absolute atomic E-state index is 0.0178. The molecule has 178 valence electrons. The summed E-state index contributed by atoms with van der Waals surface area (Å²) in [6.45, 7) is 4.20. The van der Waals surface area contributed by atoms with Crippen molar-refractivity contribution in [2.75, 3.05) is 19.6 Å². The van der Waals surface area contributed by atoms with Crippen molar-refractivity contribution in [3.8, 4) is 11.1 Å². The predicted octanol–water partition coefficient (Wildman–Crippen LogP) is 3.59. The molecule has 1 unspecified atom stereocenters. The molecule has 2 fully saturated rings. The zero-order chi connectivity index (χ0) is 23.7. The number of aromatic nitrogens is 2. The number of nitrogens with zero attached hydrogens (tertiary/aromatic N) is 3. The van der Waals surface area contributed by atoms with Crippen molar-refractivity contribution in [3.63, 3.8) is 0 Å². The van der Waals surface area contributed by atoms with Gasteiger partial charge in [0, 0.05) is 43.5 Å². The third-order valence-electron chi connectivity index (χ3n) is 6.90. The maximum atomic E-state index is 13.3. The SMILES string of the molecule is Cc1ccc(-c2csc3ncn(CCC(=O)N4CCCC(C(=O)NCC5CC5)C4)c(=O)c23)cc1. The highest BCUT2D eigenvalue weighted by atomic mass is 32.1. The number of likely N-dealkylation sites (tertiary alicyclic amines) is 1. The third-order valence-corrected chi connectivity index (χ3v) is 7.78. The topological polar surface area (TPSA) is 84.3 Å². The van der Waals surface area contributed by atoms with Gasteiger partial charge < -0.3 is 10.2 Å². The number of hydrogen-bond acceptors (Lipinski definition) is 5. The van der Waals surface area contributed by atoms with Gasteiger partial charge in [-0.2, -0.15) is 0 Å². The molecule has 1 N–H and O–H groups in total. The summed E-state index contributed by atoms with van der Waals surface area (Å²) in [5.41, 5.74) is 2.92. The lowest BCUT2D eigenvalue weighted by molar-refractivity contribution is -0.135. The largest absolute Gasteiger partial charge is 0.356 e. The number of fused-ring (bicyclic) bond motifs is 1. The Labute approximate surface area is 202 Å². The molecule has 34 heavy (non-hydrogen) atoms. The molecule has 2 amide bonds. The number of carbonyl (C=O) groups excluding carboxylic acids is 2. The average molecular weight is 479 g/mol. The molecule has 1 atom stereocenters. The van der Waals surface area contributed by atoms with E-state index in [-0.39, 0.29) is 36.3 Å². The van der Waals surface area contributed by atoms with Crippen LogP contribution in [0.3, 0.4) is 0 Å². The first-order valence-electron chi connectivity index (χ1n) is 12.1. The third kappa shape index (κ3) is 4.92. The Morgan fingerprint density at radius 2 is 1.97 bits per heavy atom. The van der Waals surface area contributed by atoms with E-state index < -0.39 is 0 Å². The smallest absolute Gasteiger partial charge is 0.262 e. The Morgan fingerprint density at radius 1 is 1.18 bits per heavy atom. The summed E-state index contributed by atoms with van der Waals surface area (Å²) in [5.74, 6) is 0.552. The Balaban J connectivity index is 1.25. The minimum atomic E-state index is -0.139. The molecule has 0 bridgehead atoms. The van der Waals surface area contributed by atoms with E-state index in [4.69, 9.17) is 0 Å². The van der Waals surface area contributed by atoms with E-state index in [1.54, 1.807) is 4.90 Å². The van der Waals surface area contributed by atoms with Crippen LogP contribution in [0.15, 0.2) is 40.8 Å². The van der Waals surface area contributed by atoms with E-state index in [0.717, 1.165) is 36.1 Å². The number of carbonyl (C=O) groups is 2. The van der Waals surface area contributed by atoms with Crippen molar-refractivity contribution in [3.05, 3.63) is 51.9 Å². The normalized spacial score (nSPS) is 18.3. The molecule has 2 aromatic heterocycles. The lowest BCUT2D eigenvalue weighted by Crippen LogP contribution is -2.46. The van der Waals surface area contributed by atoms with Crippen LogP contribution in [-0.4, -0.2) is 45.9 Å². The number of rotatable bonds is 7. The highest BCUT2D eigenvalue weighted by Crippen LogP contribution is 2.31. The van der Waals surface area contributed by atoms with Gasteiger partial charge in [-0.3, -0.25) is 19.0 Å². The highest BCUT2D eigenvalue weighted by Gasteiger charge is 2.29. The van der Waals surface area contributed by atoms with Gasteiger partial charge >= 0.3 is 0 Å². The van der Waals surface area contributed by atoms with Crippen LogP contribution in [-0.2, 0) is 16.1 Å². The maximum absolute atomic E-state index is 13.3. The molecule has 5 rings (SSSR count). The van der Waals surface area contributed by atoms with E-state index >= 15 is 0 Å². The van der Waals surface area contributed by atoms with Crippen LogP contribution in [0.4, 0.5) is 0 Å². The van der Waals surface area contributed by atoms with Crippen LogP contribution in [0.25, 0.3) is 21.3 Å². The molecule has 7 nitrogen and oxygen atoms in total. The second kappa shape index (κ2) is 9.70. The monoisotopic (exact) mass is 478 g/mol. The Kier molecular flexibility index (Phi) is 6.50. The summed E-state index contributed by atoms with van der Waals surface area (Å²) in [7, 11) is 0. The molecular formula is C26H30N4O3S. The zero-order valence-corrected chi connectivity index (χ0v) is 20.3. The molecule has 3 heterocycles. The summed E-state index contributed by atoms with van der Waals surface area (Å²) in [4.78, 5) is 45.6. The first kappa shape index (κ1) is 22.8. The number of benzene rings is 1. The molecule has 1 aromatic carbocycles. The van der Waals surface area contributed by atoms with Gasteiger partial charge in [-0.25, -0.2) is 4.98 Å². The number of amides is 2. The first-order chi connectivity index (χ1) is 16.5. The van der Waals surface area contributed by atoms with E-state index in [9.17, 15) is 14.4 Å². The molecule has 1 saturated heterocycles. The van der Waals surface area contributed by atoms with Crippen LogP contribution in [0.5, 0.6) is 0 Å². The van der Waals surface area contributed by atoms with Crippen LogP contribution in [0.2, 0.25) is 0 Å². The number of piperidine rings is 1. The fourth-order valence-corrected chi connectivity index (χ4v) is 5.48. The van der Waals surface area contributed by atoms with Gasteiger partial charge in [0.2, 0.25) is 11.8 Å². The first-order valence-corrected chi connectivity index (χ1v) is 13.0. The summed E-state index contributed by atoms with van der Waals surface area (Å²) in [5, 5.41) is 5.63. The van der Waals surface area contributed by atoms with Gasteiger partial charge in [0.1, 0.15) is 4.83 Å². The van der Waals surface area contributed by atoms with Crippen molar-refractivity contribution in [2.45, 2.75) is 45.6 Å². The van der Waals surface area contributed by atoms with Gasteiger partial charge in [-0.05, 0) is 44.1 Å². The Bertz CT molecular complexity index is 1260. The molecule has 1 aliphatic heterocycles. The van der Waals surface area contributed by atoms with E-state index in [1.807, 2.05) is 36.6 Å². The van der Waals surface area contributed by atoms with Crippen LogP contribution >= 0.6 is 11.3 Å². The number of hydrogen-bond donors (Lipinski definition) is 1. The zero-order valence-electron chi connectivity index (χ0n) is 19.5. The second-order valence-corrected chi connectivity index (χ2v) is 10.4. The van der Waals surface area contributed by atoms with Crippen molar-refractivity contribution in [1.29, 1.82) is 0 Å². The van der Waals surface area contributed by atoms with E-state index in [2.05, 4.69) is 10.3 Å². The Hall–Kier alpha value is -3.00. The van der Waals surface area contributed by atoms with Crippen LogP contribution in [0.1, 0.15) is 37.7 Å². The quantitative estimate of drug-likeness (QED) is 0.563. The van der Waals surface area contributed by atoms with Gasteiger partial charge in [0.15, 0.2) is 0 Å². The number of thiophene rings is 1. The molecule has 3 aromatic rings. The number of aryl methyl sites for hydroxylation is 2. The Morgan fingerprint density at radius 3 is 2.74 bits per heavy atom. The van der Waals surface area contributed by atoms with Crippen molar-refractivity contribution in [1.82, 2.24) is 19.8 Å². The molecule has 2 aliphatic rings. The highest BCUT2D eigenvalue weighted by molar-refractivity contribution is 7.17. The van der Waals surface area contributed by atoms with Crippen molar-refractivity contribution >= 4 is 33.4 Å². The lowest BCUT2D eigenvalue weighted by Gasteiger charge is -2.32.